The molecule has 188 valence electrons. The zero-order chi connectivity index (χ0) is 26.9. The second-order valence-electron chi connectivity index (χ2n) is 8.91. The number of halogens is 2. The molecule has 0 bridgehead atoms. The molecule has 2 N–H and O–H groups in total. The van der Waals surface area contributed by atoms with E-state index in [1.54, 1.807) is 38.2 Å². The van der Waals surface area contributed by atoms with Crippen LogP contribution >= 0.6 is 0 Å². The van der Waals surface area contributed by atoms with Crippen molar-refractivity contribution < 1.29 is 13.6 Å². The van der Waals surface area contributed by atoms with Crippen molar-refractivity contribution in [2.45, 2.75) is 19.3 Å². The summed E-state index contributed by atoms with van der Waals surface area (Å²) in [6.07, 6.45) is 4.33. The van der Waals surface area contributed by atoms with Crippen LogP contribution in [0.15, 0.2) is 73.4 Å². The fourth-order valence-corrected chi connectivity index (χ4v) is 3.86. The number of carbonyl (C=O) groups excluding carboxylic acids is 1. The average molecular weight is 511 g/mol. The minimum atomic E-state index is -1.00. The van der Waals surface area contributed by atoms with Gasteiger partial charge in [-0.3, -0.25) is 9.69 Å². The zero-order valence-corrected chi connectivity index (χ0v) is 20.3. The maximum Gasteiger partial charge on any atom is 0.255 e. The molecular weight excluding hydrogens is 490 g/mol. The van der Waals surface area contributed by atoms with Gasteiger partial charge in [0.15, 0.2) is 17.0 Å². The normalized spacial score (nSPS) is 11.2. The van der Waals surface area contributed by atoms with E-state index in [2.05, 4.69) is 36.3 Å². The first kappa shape index (κ1) is 24.5. The number of anilines is 4. The summed E-state index contributed by atoms with van der Waals surface area (Å²) in [6, 6.07) is 15.0. The maximum absolute atomic E-state index is 15.3. The topological polar surface area (TPSA) is 123 Å². The summed E-state index contributed by atoms with van der Waals surface area (Å²) >= 11 is 0. The highest BCUT2D eigenvalue weighted by atomic mass is 19.1. The van der Waals surface area contributed by atoms with Crippen LogP contribution in [0.5, 0.6) is 0 Å². The molecule has 3 aromatic heterocycles. The Morgan fingerprint density at radius 1 is 1.05 bits per heavy atom. The van der Waals surface area contributed by atoms with E-state index in [0.717, 1.165) is 6.07 Å². The fourth-order valence-electron chi connectivity index (χ4n) is 3.86. The third kappa shape index (κ3) is 4.62. The van der Waals surface area contributed by atoms with E-state index in [1.807, 2.05) is 0 Å². The van der Waals surface area contributed by atoms with E-state index < -0.39 is 23.0 Å². The Morgan fingerprint density at radius 3 is 2.66 bits per heavy atom. The van der Waals surface area contributed by atoms with Crippen molar-refractivity contribution in [3.8, 4) is 6.07 Å². The summed E-state index contributed by atoms with van der Waals surface area (Å²) in [5, 5.41) is 12.1. The predicted molar refractivity (Wildman–Crippen MR) is 137 cm³/mol. The SMILES string of the molecule is CC(C)(C#N)c1cc(F)cc(C(=O)Nc2ccc(F)c(N(c3ccccn3)c3ncnc4[nH]cnc34)c2)c1. The van der Waals surface area contributed by atoms with Crippen molar-refractivity contribution in [1.29, 1.82) is 5.26 Å². The summed E-state index contributed by atoms with van der Waals surface area (Å²) in [6.45, 7) is 3.26. The molecule has 0 saturated heterocycles. The lowest BCUT2D eigenvalue weighted by Gasteiger charge is -2.24. The molecule has 1 amide bonds. The van der Waals surface area contributed by atoms with Crippen LogP contribution in [0, 0.1) is 23.0 Å². The van der Waals surface area contributed by atoms with Crippen molar-refractivity contribution in [2.75, 3.05) is 10.2 Å². The van der Waals surface area contributed by atoms with Gasteiger partial charge in [0.2, 0.25) is 0 Å². The lowest BCUT2D eigenvalue weighted by atomic mass is 9.85. The highest BCUT2D eigenvalue weighted by molar-refractivity contribution is 6.05. The monoisotopic (exact) mass is 510 g/mol. The number of hydrogen-bond donors (Lipinski definition) is 2. The molecule has 0 spiro atoms. The van der Waals surface area contributed by atoms with E-state index in [4.69, 9.17) is 0 Å². The van der Waals surface area contributed by atoms with E-state index in [9.17, 15) is 14.4 Å². The number of hydrogen-bond acceptors (Lipinski definition) is 7. The first-order valence-electron chi connectivity index (χ1n) is 11.5. The Kier molecular flexibility index (Phi) is 6.22. The van der Waals surface area contributed by atoms with Gasteiger partial charge >= 0.3 is 0 Å². The predicted octanol–water partition coefficient (Wildman–Crippen LogP) is 5.55. The Morgan fingerprint density at radius 2 is 1.89 bits per heavy atom. The van der Waals surface area contributed by atoms with Crippen molar-refractivity contribution in [3.63, 3.8) is 0 Å². The molecule has 9 nitrogen and oxygen atoms in total. The smallest absolute Gasteiger partial charge is 0.255 e. The van der Waals surface area contributed by atoms with Gasteiger partial charge in [-0.05, 0) is 67.9 Å². The zero-order valence-electron chi connectivity index (χ0n) is 20.3. The van der Waals surface area contributed by atoms with Gasteiger partial charge in [-0.15, -0.1) is 0 Å². The van der Waals surface area contributed by atoms with Gasteiger partial charge in [-0.25, -0.2) is 28.7 Å². The number of imidazole rings is 1. The number of rotatable bonds is 6. The summed E-state index contributed by atoms with van der Waals surface area (Å²) in [5.74, 6) is -1.26. The lowest BCUT2D eigenvalue weighted by Crippen LogP contribution is -2.18. The molecule has 0 aliphatic carbocycles. The van der Waals surface area contributed by atoms with E-state index in [-0.39, 0.29) is 22.8 Å². The number of aromatic amines is 1. The second kappa shape index (κ2) is 9.67. The summed E-state index contributed by atoms with van der Waals surface area (Å²) in [5.41, 5.74) is 0.490. The standard InChI is InChI=1S/C27H20F2N8O/c1-27(2,13-30)17-9-16(10-18(28)11-17)26(38)36-19-6-7-20(29)21(12-19)37(22-5-3-4-8-31-22)25-23-24(33-14-32-23)34-15-35-25/h3-12,14-15H,1-2H3,(H,36,38)(H,32,33,34,35). The van der Waals surface area contributed by atoms with Crippen LogP contribution in [0.1, 0.15) is 29.8 Å². The third-order valence-corrected chi connectivity index (χ3v) is 5.89. The highest BCUT2D eigenvalue weighted by Crippen LogP contribution is 2.37. The quantitative estimate of drug-likeness (QED) is 0.307. The van der Waals surface area contributed by atoms with Gasteiger partial charge in [-0.2, -0.15) is 5.26 Å². The van der Waals surface area contributed by atoms with Gasteiger partial charge in [0.05, 0.1) is 23.5 Å². The van der Waals surface area contributed by atoms with E-state index >= 15 is 4.39 Å². The van der Waals surface area contributed by atoms with Gasteiger partial charge in [0.25, 0.3) is 5.91 Å². The summed E-state index contributed by atoms with van der Waals surface area (Å²) in [4.78, 5) is 34.5. The molecule has 5 rings (SSSR count). The molecule has 0 unspecified atom stereocenters. The van der Waals surface area contributed by atoms with Crippen molar-refractivity contribution >= 4 is 40.1 Å². The number of pyridine rings is 1. The van der Waals surface area contributed by atoms with Crippen LogP contribution in [0.2, 0.25) is 0 Å². The molecule has 2 aromatic carbocycles. The lowest BCUT2D eigenvalue weighted by molar-refractivity contribution is 0.102. The van der Waals surface area contributed by atoms with Gasteiger partial charge in [-0.1, -0.05) is 6.07 Å². The minimum absolute atomic E-state index is 0.0183. The number of fused-ring (bicyclic) bond motifs is 1. The molecular formula is C27H20F2N8O. The van der Waals surface area contributed by atoms with Crippen LogP contribution < -0.4 is 10.2 Å². The van der Waals surface area contributed by atoms with E-state index in [1.165, 1.54) is 47.9 Å². The van der Waals surface area contributed by atoms with Crippen LogP contribution in [-0.4, -0.2) is 30.8 Å². The third-order valence-electron chi connectivity index (χ3n) is 5.89. The van der Waals surface area contributed by atoms with Gasteiger partial charge in [0, 0.05) is 17.4 Å². The number of aromatic nitrogens is 5. The number of benzene rings is 2. The van der Waals surface area contributed by atoms with Crippen molar-refractivity contribution in [2.24, 2.45) is 0 Å². The number of H-pyrrole nitrogens is 1. The largest absolute Gasteiger partial charge is 0.329 e. The first-order chi connectivity index (χ1) is 18.3. The summed E-state index contributed by atoms with van der Waals surface area (Å²) < 4.78 is 29.6. The molecule has 11 heteroatoms. The first-order valence-corrected chi connectivity index (χ1v) is 11.5. The molecule has 0 saturated carbocycles. The molecule has 0 radical (unpaired) electrons. The Bertz CT molecular complexity index is 1690. The second-order valence-corrected chi connectivity index (χ2v) is 8.91. The van der Waals surface area contributed by atoms with Crippen LogP contribution in [0.25, 0.3) is 11.2 Å². The van der Waals surface area contributed by atoms with E-state index in [0.29, 0.717) is 22.5 Å². The molecule has 0 fully saturated rings. The number of nitriles is 1. The Balaban J connectivity index is 1.56. The van der Waals surface area contributed by atoms with Gasteiger partial charge < -0.3 is 10.3 Å². The molecule has 3 heterocycles. The fraction of sp³-hybridized carbons (Fsp3) is 0.111. The molecule has 38 heavy (non-hydrogen) atoms. The maximum atomic E-state index is 15.3. The van der Waals surface area contributed by atoms with Crippen molar-refractivity contribution in [1.82, 2.24) is 24.9 Å². The van der Waals surface area contributed by atoms with Crippen molar-refractivity contribution in [3.05, 3.63) is 96.2 Å². The Labute approximate surface area is 215 Å². The highest BCUT2D eigenvalue weighted by Gasteiger charge is 2.24. The van der Waals surface area contributed by atoms with Crippen LogP contribution in [0.3, 0.4) is 0 Å². The number of nitrogens with one attached hydrogen (secondary N) is 2. The summed E-state index contributed by atoms with van der Waals surface area (Å²) in [7, 11) is 0. The molecule has 5 aromatic rings. The molecule has 0 atom stereocenters. The average Bonchev–Trinajstić information content (AvgIpc) is 3.41. The van der Waals surface area contributed by atoms with Crippen LogP contribution in [-0.2, 0) is 5.41 Å². The minimum Gasteiger partial charge on any atom is -0.329 e. The Hall–Kier alpha value is -5.24. The van der Waals surface area contributed by atoms with Crippen LogP contribution in [0.4, 0.5) is 31.8 Å². The number of amides is 1. The molecule has 0 aliphatic heterocycles. The molecule has 0 aliphatic rings. The number of nitrogens with zero attached hydrogens (tertiary/aromatic N) is 6. The number of carbonyl (C=O) groups is 1. The van der Waals surface area contributed by atoms with Gasteiger partial charge in [0.1, 0.15) is 23.8 Å².